The van der Waals surface area contributed by atoms with Gasteiger partial charge in [0, 0.05) is 18.3 Å². The molecule has 2 aromatic heterocycles. The van der Waals surface area contributed by atoms with Crippen LogP contribution in [0.4, 0.5) is 21.7 Å². The third-order valence-corrected chi connectivity index (χ3v) is 3.66. The number of hydrogen-bond acceptors (Lipinski definition) is 8. The molecule has 0 amide bonds. The summed E-state index contributed by atoms with van der Waals surface area (Å²) in [6.07, 6.45) is 4.62. The number of hydrogen-bond donors (Lipinski definition) is 1. The molecule has 0 unspecified atom stereocenters. The van der Waals surface area contributed by atoms with Crippen molar-refractivity contribution in [3.05, 3.63) is 57.2 Å². The van der Waals surface area contributed by atoms with Crippen LogP contribution in [0.25, 0.3) is 5.82 Å². The number of rotatable bonds is 6. The van der Waals surface area contributed by atoms with Crippen LogP contribution in [-0.4, -0.2) is 38.1 Å². The lowest BCUT2D eigenvalue weighted by atomic mass is 10.2. The van der Waals surface area contributed by atoms with Gasteiger partial charge in [0.25, 0.3) is 0 Å². The number of carbonyl (C=O) groups excluding carboxylic acids is 1. The van der Waals surface area contributed by atoms with Gasteiger partial charge in [0.2, 0.25) is 11.8 Å². The molecule has 1 N–H and O–H groups in total. The molecule has 0 aliphatic heterocycles. The van der Waals surface area contributed by atoms with Gasteiger partial charge in [-0.05, 0) is 0 Å². The Bertz CT molecular complexity index is 1040. The first-order chi connectivity index (χ1) is 12.9. The number of nitrogens with zero attached hydrogens (tertiary/aromatic N) is 5. The van der Waals surface area contributed by atoms with Crippen LogP contribution < -0.4 is 10.1 Å². The number of nitrogens with one attached hydrogen (secondary N) is 1. The first kappa shape index (κ1) is 18.2. The Morgan fingerprint density at radius 3 is 2.81 bits per heavy atom. The molecular formula is C15H10ClFN6O4. The molecular weight excluding hydrogens is 383 g/mol. The lowest BCUT2D eigenvalue weighted by Gasteiger charge is -2.11. The molecule has 3 rings (SSSR count). The second-order valence-corrected chi connectivity index (χ2v) is 5.49. The number of halogens is 2. The summed E-state index contributed by atoms with van der Waals surface area (Å²) in [5.74, 6) is -0.867. The van der Waals surface area contributed by atoms with E-state index in [0.717, 1.165) is 12.1 Å². The van der Waals surface area contributed by atoms with Crippen molar-refractivity contribution in [1.82, 2.24) is 19.7 Å². The van der Waals surface area contributed by atoms with Crippen LogP contribution in [-0.2, 0) is 0 Å². The van der Waals surface area contributed by atoms with E-state index in [1.165, 1.54) is 30.4 Å². The molecule has 10 nitrogen and oxygen atoms in total. The third-order valence-electron chi connectivity index (χ3n) is 3.39. The molecule has 27 heavy (non-hydrogen) atoms. The van der Waals surface area contributed by atoms with Crippen molar-refractivity contribution < 1.29 is 18.8 Å². The number of carbonyl (C=O) groups is 1. The van der Waals surface area contributed by atoms with Crippen molar-refractivity contribution in [3.63, 3.8) is 0 Å². The van der Waals surface area contributed by atoms with Crippen LogP contribution in [0.3, 0.4) is 0 Å². The lowest BCUT2D eigenvalue weighted by molar-refractivity contribution is -0.387. The molecule has 2 heterocycles. The number of ether oxygens (including phenoxy) is 1. The van der Waals surface area contributed by atoms with Crippen LogP contribution in [0.15, 0.2) is 30.7 Å². The number of aldehydes is 1. The minimum atomic E-state index is -1.04. The Morgan fingerprint density at radius 2 is 2.19 bits per heavy atom. The van der Waals surface area contributed by atoms with Gasteiger partial charge in [0.15, 0.2) is 12.1 Å². The fourth-order valence-electron chi connectivity index (χ4n) is 2.16. The van der Waals surface area contributed by atoms with Gasteiger partial charge in [-0.2, -0.15) is 14.5 Å². The van der Waals surface area contributed by atoms with Gasteiger partial charge in [-0.1, -0.05) is 11.6 Å². The lowest BCUT2D eigenvalue weighted by Crippen LogP contribution is -2.06. The summed E-state index contributed by atoms with van der Waals surface area (Å²) in [5, 5.41) is 17.8. The fourth-order valence-corrected chi connectivity index (χ4v) is 2.34. The number of nitro groups is 1. The summed E-state index contributed by atoms with van der Waals surface area (Å²) in [4.78, 5) is 29.0. The van der Waals surface area contributed by atoms with E-state index in [4.69, 9.17) is 16.3 Å². The molecule has 1 aromatic carbocycles. The first-order valence-corrected chi connectivity index (χ1v) is 7.62. The van der Waals surface area contributed by atoms with Crippen molar-refractivity contribution in [2.75, 3.05) is 12.4 Å². The molecule has 0 saturated carbocycles. The van der Waals surface area contributed by atoms with Gasteiger partial charge in [-0.15, -0.1) is 0 Å². The Balaban J connectivity index is 2.01. The van der Waals surface area contributed by atoms with Crippen molar-refractivity contribution in [2.24, 2.45) is 0 Å². The Hall–Kier alpha value is -3.60. The summed E-state index contributed by atoms with van der Waals surface area (Å²) in [6.45, 7) is 0. The van der Waals surface area contributed by atoms with E-state index in [-0.39, 0.29) is 28.2 Å². The molecule has 0 fully saturated rings. The van der Waals surface area contributed by atoms with E-state index in [0.29, 0.717) is 11.8 Å². The zero-order chi connectivity index (χ0) is 19.6. The molecule has 138 valence electrons. The molecule has 3 aromatic rings. The van der Waals surface area contributed by atoms with Gasteiger partial charge >= 0.3 is 5.69 Å². The molecule has 0 aliphatic carbocycles. The molecule has 0 bridgehead atoms. The van der Waals surface area contributed by atoms with Crippen LogP contribution >= 0.6 is 11.6 Å². The highest BCUT2D eigenvalue weighted by Crippen LogP contribution is 2.33. The summed E-state index contributed by atoms with van der Waals surface area (Å²) in [7, 11) is 1.28. The van der Waals surface area contributed by atoms with E-state index in [1.807, 2.05) is 0 Å². The van der Waals surface area contributed by atoms with Crippen LogP contribution in [0.5, 0.6) is 5.75 Å². The summed E-state index contributed by atoms with van der Waals surface area (Å²) in [6, 6.07) is 1.84. The highest BCUT2D eigenvalue weighted by atomic mass is 35.5. The minimum absolute atomic E-state index is 0.00300. The predicted molar refractivity (Wildman–Crippen MR) is 92.4 cm³/mol. The first-order valence-electron chi connectivity index (χ1n) is 7.24. The van der Waals surface area contributed by atoms with Crippen LogP contribution in [0.1, 0.15) is 10.4 Å². The van der Waals surface area contributed by atoms with Gasteiger partial charge in [0.1, 0.15) is 10.8 Å². The minimum Gasteiger partial charge on any atom is -0.494 e. The number of benzene rings is 1. The second-order valence-electron chi connectivity index (χ2n) is 5.09. The quantitative estimate of drug-likeness (QED) is 0.385. The summed E-state index contributed by atoms with van der Waals surface area (Å²) < 4.78 is 20.0. The topological polar surface area (TPSA) is 125 Å². The summed E-state index contributed by atoms with van der Waals surface area (Å²) >= 11 is 6.07. The highest BCUT2D eigenvalue weighted by molar-refractivity contribution is 6.32. The fraction of sp³-hybridized carbons (Fsp3) is 0.0667. The maximum atomic E-state index is 13.7. The Kier molecular flexibility index (Phi) is 4.94. The maximum Gasteiger partial charge on any atom is 0.307 e. The van der Waals surface area contributed by atoms with Gasteiger partial charge < -0.3 is 10.1 Å². The zero-order valence-electron chi connectivity index (χ0n) is 13.6. The average Bonchev–Trinajstić information content (AvgIpc) is 3.13. The predicted octanol–water partition coefficient (Wildman–Crippen LogP) is 2.93. The van der Waals surface area contributed by atoms with Crippen molar-refractivity contribution in [1.29, 1.82) is 0 Å². The van der Waals surface area contributed by atoms with Crippen LogP contribution in [0.2, 0.25) is 5.02 Å². The van der Waals surface area contributed by atoms with Gasteiger partial charge in [-0.3, -0.25) is 14.9 Å². The number of anilines is 2. The maximum absolute atomic E-state index is 13.7. The average molecular weight is 393 g/mol. The van der Waals surface area contributed by atoms with Crippen molar-refractivity contribution >= 4 is 35.2 Å². The molecule has 0 saturated heterocycles. The van der Waals surface area contributed by atoms with E-state index in [2.05, 4.69) is 20.4 Å². The summed E-state index contributed by atoms with van der Waals surface area (Å²) in [5.41, 5.74) is -0.349. The van der Waals surface area contributed by atoms with Gasteiger partial charge in [0.05, 0.1) is 35.7 Å². The number of methoxy groups -OCH3 is 1. The standard InChI is InChI=1S/C15H10ClFN6O4/c1-27-13-2-10(17)12(23(25)26)3-11(13)20-15-18-5-9(16)14(21-15)22-6-8(7-24)4-19-22/h2-7H,1H3,(H,18,20,21). The number of nitro benzene ring substituents is 1. The second kappa shape index (κ2) is 7.33. The van der Waals surface area contributed by atoms with E-state index in [1.54, 1.807) is 0 Å². The molecule has 12 heteroatoms. The van der Waals surface area contributed by atoms with E-state index in [9.17, 15) is 19.3 Å². The highest BCUT2D eigenvalue weighted by Gasteiger charge is 2.20. The normalized spacial score (nSPS) is 10.5. The third kappa shape index (κ3) is 3.67. The largest absolute Gasteiger partial charge is 0.494 e. The number of aromatic nitrogens is 4. The molecule has 0 atom stereocenters. The molecule has 0 radical (unpaired) electrons. The SMILES string of the molecule is COc1cc(F)c([N+](=O)[O-])cc1Nc1ncc(Cl)c(-n2cc(C=O)cn2)n1. The van der Waals surface area contributed by atoms with Crippen molar-refractivity contribution in [3.8, 4) is 11.6 Å². The Morgan fingerprint density at radius 1 is 1.41 bits per heavy atom. The zero-order valence-corrected chi connectivity index (χ0v) is 14.3. The van der Waals surface area contributed by atoms with Crippen molar-refractivity contribution in [2.45, 2.75) is 0 Å². The molecule has 0 aliphatic rings. The van der Waals surface area contributed by atoms with E-state index >= 15 is 0 Å². The molecule has 0 spiro atoms. The van der Waals surface area contributed by atoms with Crippen LogP contribution in [0, 0.1) is 15.9 Å². The monoisotopic (exact) mass is 392 g/mol. The Labute approximate surface area is 155 Å². The smallest absolute Gasteiger partial charge is 0.307 e. The van der Waals surface area contributed by atoms with E-state index < -0.39 is 16.4 Å². The van der Waals surface area contributed by atoms with Gasteiger partial charge in [-0.25, -0.2) is 9.67 Å².